The summed E-state index contributed by atoms with van der Waals surface area (Å²) in [7, 11) is 4.39. The molecule has 0 aromatic heterocycles. The summed E-state index contributed by atoms with van der Waals surface area (Å²) >= 11 is 0. The number of anilines is 1. The van der Waals surface area contributed by atoms with Gasteiger partial charge in [-0.1, -0.05) is 0 Å². The van der Waals surface area contributed by atoms with Gasteiger partial charge in [0.25, 0.3) is 5.91 Å². The van der Waals surface area contributed by atoms with Crippen molar-refractivity contribution in [2.24, 2.45) is 0 Å². The molecule has 2 aromatic carbocycles. The largest absolute Gasteiger partial charge is 0.493 e. The predicted molar refractivity (Wildman–Crippen MR) is 113 cm³/mol. The van der Waals surface area contributed by atoms with Gasteiger partial charge in [0.1, 0.15) is 0 Å². The summed E-state index contributed by atoms with van der Waals surface area (Å²) in [6, 6.07) is 4.83. The maximum Gasteiger partial charge on any atom is 0.306 e. The monoisotopic (exact) mass is 484 g/mol. The van der Waals surface area contributed by atoms with Crippen LogP contribution in [0, 0.1) is 17.5 Å². The fraction of sp³-hybridized carbons (Fsp3) is 0.318. The van der Waals surface area contributed by atoms with Crippen molar-refractivity contribution >= 4 is 23.5 Å². The van der Waals surface area contributed by atoms with Crippen LogP contribution in [0.15, 0.2) is 24.3 Å². The van der Waals surface area contributed by atoms with Gasteiger partial charge < -0.3 is 29.6 Å². The van der Waals surface area contributed by atoms with Crippen LogP contribution in [0.2, 0.25) is 0 Å². The molecule has 0 aliphatic rings. The van der Waals surface area contributed by atoms with Crippen molar-refractivity contribution in [3.8, 4) is 17.2 Å². The fourth-order valence-electron chi connectivity index (χ4n) is 2.79. The van der Waals surface area contributed by atoms with Gasteiger partial charge in [-0.3, -0.25) is 14.4 Å². The third-order valence-corrected chi connectivity index (χ3v) is 4.46. The lowest BCUT2D eigenvalue weighted by atomic mass is 10.1. The summed E-state index contributed by atoms with van der Waals surface area (Å²) in [6.45, 7) is -1.26. The third kappa shape index (κ3) is 7.02. The Morgan fingerprint density at radius 3 is 2.12 bits per heavy atom. The van der Waals surface area contributed by atoms with Crippen molar-refractivity contribution < 1.29 is 46.5 Å². The number of hydrogen-bond donors (Lipinski definition) is 2. The van der Waals surface area contributed by atoms with E-state index in [4.69, 9.17) is 18.9 Å². The normalized spacial score (nSPS) is 10.3. The number of carbonyl (C=O) groups is 3. The maximum absolute atomic E-state index is 13.6. The minimum absolute atomic E-state index is 0.0538. The maximum atomic E-state index is 13.6. The van der Waals surface area contributed by atoms with Crippen LogP contribution in [0.3, 0.4) is 0 Å². The number of hydrogen-bond acceptors (Lipinski definition) is 7. The molecule has 0 spiro atoms. The molecule has 2 aromatic rings. The van der Waals surface area contributed by atoms with E-state index in [0.717, 1.165) is 6.07 Å². The Morgan fingerprint density at radius 2 is 1.53 bits per heavy atom. The van der Waals surface area contributed by atoms with Crippen LogP contribution in [-0.2, 0) is 25.5 Å². The van der Waals surface area contributed by atoms with Crippen LogP contribution in [-0.4, -0.2) is 52.3 Å². The summed E-state index contributed by atoms with van der Waals surface area (Å²) in [5, 5.41) is 4.15. The second-order valence-electron chi connectivity index (χ2n) is 6.74. The molecule has 34 heavy (non-hydrogen) atoms. The second kappa shape index (κ2) is 12.3. The highest BCUT2D eigenvalue weighted by molar-refractivity contribution is 5.94. The first-order valence-corrected chi connectivity index (χ1v) is 9.84. The highest BCUT2D eigenvalue weighted by atomic mass is 19.2. The van der Waals surface area contributed by atoms with Gasteiger partial charge in [-0.05, 0) is 36.2 Å². The zero-order chi connectivity index (χ0) is 25.3. The quantitative estimate of drug-likeness (QED) is 0.372. The van der Waals surface area contributed by atoms with E-state index >= 15 is 0 Å². The Balaban J connectivity index is 1.77. The van der Waals surface area contributed by atoms with Gasteiger partial charge in [-0.15, -0.1) is 0 Å². The first kappa shape index (κ1) is 26.3. The van der Waals surface area contributed by atoms with E-state index in [1.54, 1.807) is 12.1 Å². The summed E-state index contributed by atoms with van der Waals surface area (Å²) in [4.78, 5) is 35.5. The lowest BCUT2D eigenvalue weighted by Crippen LogP contribution is -2.35. The van der Waals surface area contributed by atoms with Gasteiger partial charge in [0.2, 0.25) is 11.7 Å². The van der Waals surface area contributed by atoms with Crippen LogP contribution in [0.25, 0.3) is 0 Å². The molecule has 0 aliphatic heterocycles. The molecule has 184 valence electrons. The van der Waals surface area contributed by atoms with Crippen molar-refractivity contribution in [1.29, 1.82) is 0 Å². The number of amides is 2. The topological polar surface area (TPSA) is 112 Å². The Bertz CT molecular complexity index is 1040. The van der Waals surface area contributed by atoms with Crippen molar-refractivity contribution in [3.63, 3.8) is 0 Å². The highest BCUT2D eigenvalue weighted by Gasteiger charge is 2.17. The number of benzene rings is 2. The molecule has 0 aliphatic carbocycles. The van der Waals surface area contributed by atoms with Gasteiger partial charge in [-0.2, -0.15) is 0 Å². The molecule has 0 atom stereocenters. The van der Waals surface area contributed by atoms with Gasteiger partial charge in [-0.25, -0.2) is 13.2 Å². The zero-order valence-corrected chi connectivity index (χ0v) is 18.6. The standard InChI is InChI=1S/C22H23F3N2O7/c1-31-15-8-12(9-16(32-2)22(15)33-3)4-7-19(30)34-11-18(29)26-10-17(28)27-14-6-5-13(23)20(24)21(14)25/h5-6,8-9H,4,7,10-11H2,1-3H3,(H,26,29)(H,27,28). The van der Waals surface area contributed by atoms with Crippen molar-refractivity contribution in [3.05, 3.63) is 47.3 Å². The fourth-order valence-corrected chi connectivity index (χ4v) is 2.79. The lowest BCUT2D eigenvalue weighted by molar-refractivity contribution is -0.148. The van der Waals surface area contributed by atoms with Crippen LogP contribution in [0.5, 0.6) is 17.2 Å². The number of aryl methyl sites for hydroxylation is 1. The van der Waals surface area contributed by atoms with E-state index in [0.29, 0.717) is 28.9 Å². The van der Waals surface area contributed by atoms with E-state index in [1.807, 2.05) is 5.32 Å². The molecule has 0 saturated carbocycles. The minimum Gasteiger partial charge on any atom is -0.493 e. The van der Waals surface area contributed by atoms with E-state index < -0.39 is 54.1 Å². The number of halogens is 3. The molecule has 2 amide bonds. The van der Waals surface area contributed by atoms with E-state index in [2.05, 4.69) is 5.32 Å². The van der Waals surface area contributed by atoms with E-state index in [9.17, 15) is 27.6 Å². The SMILES string of the molecule is COc1cc(CCC(=O)OCC(=O)NCC(=O)Nc2ccc(F)c(F)c2F)cc(OC)c1OC. The van der Waals surface area contributed by atoms with Crippen molar-refractivity contribution in [2.75, 3.05) is 39.8 Å². The smallest absolute Gasteiger partial charge is 0.306 e. The number of methoxy groups -OCH3 is 3. The molecule has 0 unspecified atom stereocenters. The third-order valence-electron chi connectivity index (χ3n) is 4.46. The van der Waals surface area contributed by atoms with E-state index in [1.165, 1.54) is 21.3 Å². The Labute approximate surface area is 193 Å². The number of nitrogens with one attached hydrogen (secondary N) is 2. The average molecular weight is 484 g/mol. The minimum atomic E-state index is -1.74. The van der Waals surface area contributed by atoms with Crippen LogP contribution in [0.4, 0.5) is 18.9 Å². The molecular weight excluding hydrogens is 461 g/mol. The first-order chi connectivity index (χ1) is 16.2. The van der Waals surface area contributed by atoms with Gasteiger partial charge >= 0.3 is 5.97 Å². The molecule has 9 nitrogen and oxygen atoms in total. The molecule has 0 saturated heterocycles. The second-order valence-corrected chi connectivity index (χ2v) is 6.74. The Kier molecular flexibility index (Phi) is 9.53. The first-order valence-electron chi connectivity index (χ1n) is 9.84. The predicted octanol–water partition coefficient (Wildman–Crippen LogP) is 2.36. The molecule has 12 heteroatoms. The van der Waals surface area contributed by atoms with Gasteiger partial charge in [0.15, 0.2) is 35.6 Å². The average Bonchev–Trinajstić information content (AvgIpc) is 2.84. The number of ether oxygens (including phenoxy) is 4. The number of rotatable bonds is 11. The van der Waals surface area contributed by atoms with Crippen molar-refractivity contribution in [2.45, 2.75) is 12.8 Å². The molecule has 0 bridgehead atoms. The van der Waals surface area contributed by atoms with Crippen LogP contribution >= 0.6 is 0 Å². The molecular formula is C22H23F3N2O7. The van der Waals surface area contributed by atoms with Gasteiger partial charge in [0, 0.05) is 6.42 Å². The van der Waals surface area contributed by atoms with Gasteiger partial charge in [0.05, 0.1) is 33.6 Å². The Hall–Kier alpha value is -3.96. The number of carbonyl (C=O) groups excluding carboxylic acids is 3. The van der Waals surface area contributed by atoms with Crippen LogP contribution < -0.4 is 24.8 Å². The molecule has 0 radical (unpaired) electrons. The lowest BCUT2D eigenvalue weighted by Gasteiger charge is -2.14. The highest BCUT2D eigenvalue weighted by Crippen LogP contribution is 2.38. The summed E-state index contributed by atoms with van der Waals surface area (Å²) < 4.78 is 60.2. The van der Waals surface area contributed by atoms with E-state index in [-0.39, 0.29) is 12.8 Å². The summed E-state index contributed by atoms with van der Waals surface area (Å²) in [6.07, 6.45) is 0.210. The summed E-state index contributed by atoms with van der Waals surface area (Å²) in [5.41, 5.74) is 0.119. The molecule has 0 fully saturated rings. The Morgan fingerprint density at radius 1 is 0.882 bits per heavy atom. The number of esters is 1. The molecule has 2 N–H and O–H groups in total. The summed E-state index contributed by atoms with van der Waals surface area (Å²) in [5.74, 6) is -5.82. The molecule has 2 rings (SSSR count). The zero-order valence-electron chi connectivity index (χ0n) is 18.6. The van der Waals surface area contributed by atoms with Crippen LogP contribution in [0.1, 0.15) is 12.0 Å². The molecule has 0 heterocycles. The van der Waals surface area contributed by atoms with Crippen molar-refractivity contribution in [1.82, 2.24) is 5.32 Å².